The van der Waals surface area contributed by atoms with E-state index < -0.39 is 0 Å². The van der Waals surface area contributed by atoms with Crippen LogP contribution < -0.4 is 20.5 Å². The van der Waals surface area contributed by atoms with E-state index in [1.807, 2.05) is 31.2 Å². The number of benzene rings is 2. The molecule has 2 aromatic carbocycles. The Morgan fingerprint density at radius 1 is 1.08 bits per heavy atom. The highest BCUT2D eigenvalue weighted by atomic mass is 35.5. The minimum absolute atomic E-state index is 0. The molecule has 0 aliphatic carbocycles. The number of anilines is 1. The second-order valence-corrected chi connectivity index (χ2v) is 5.62. The molecular weight excluding hydrogens is 340 g/mol. The van der Waals surface area contributed by atoms with Crippen LogP contribution in [0.15, 0.2) is 36.4 Å². The average Bonchev–Trinajstić information content (AvgIpc) is 2.60. The van der Waals surface area contributed by atoms with Crippen LogP contribution in [0.4, 0.5) is 5.69 Å². The normalized spacial score (nSPS) is 9.88. The maximum atomic E-state index is 12.2. The van der Waals surface area contributed by atoms with Gasteiger partial charge in [-0.2, -0.15) is 0 Å². The van der Waals surface area contributed by atoms with Crippen molar-refractivity contribution >= 4 is 24.0 Å². The van der Waals surface area contributed by atoms with Crippen LogP contribution in [0.5, 0.6) is 11.5 Å². The third kappa shape index (κ3) is 5.57. The number of nitrogens with one attached hydrogen (secondary N) is 1. The van der Waals surface area contributed by atoms with Crippen molar-refractivity contribution < 1.29 is 14.3 Å². The zero-order valence-corrected chi connectivity index (χ0v) is 15.6. The topological polar surface area (TPSA) is 73.6 Å². The fourth-order valence-electron chi connectivity index (χ4n) is 2.51. The summed E-state index contributed by atoms with van der Waals surface area (Å²) >= 11 is 0. The van der Waals surface area contributed by atoms with Gasteiger partial charge in [0.05, 0.1) is 14.2 Å². The fourth-order valence-corrected chi connectivity index (χ4v) is 2.51. The molecule has 3 N–H and O–H groups in total. The van der Waals surface area contributed by atoms with Gasteiger partial charge in [-0.1, -0.05) is 12.1 Å². The van der Waals surface area contributed by atoms with E-state index in [4.69, 9.17) is 15.2 Å². The van der Waals surface area contributed by atoms with Crippen molar-refractivity contribution in [3.63, 3.8) is 0 Å². The molecule has 0 fully saturated rings. The molecule has 0 radical (unpaired) electrons. The lowest BCUT2D eigenvalue weighted by Crippen LogP contribution is -2.25. The number of halogens is 1. The molecule has 0 aliphatic heterocycles. The number of methoxy groups -OCH3 is 2. The van der Waals surface area contributed by atoms with E-state index in [0.29, 0.717) is 23.5 Å². The minimum atomic E-state index is -0.0906. The van der Waals surface area contributed by atoms with Gasteiger partial charge in [-0.25, -0.2) is 0 Å². The van der Waals surface area contributed by atoms with Gasteiger partial charge in [0.25, 0.3) is 5.91 Å². The standard InChI is InChI=1S/C19H24N2O3.ClH/c1-13-6-8-15(20)12-16(13)19(22)21-10-4-5-14-7-9-17(23-2)18(11-14)24-3;/h6-9,11-12H,4-5,10,20H2,1-3H3,(H,21,22);1H. The molecule has 6 heteroatoms. The van der Waals surface area contributed by atoms with Gasteiger partial charge >= 0.3 is 0 Å². The van der Waals surface area contributed by atoms with Crippen LogP contribution >= 0.6 is 12.4 Å². The first-order chi connectivity index (χ1) is 11.5. The summed E-state index contributed by atoms with van der Waals surface area (Å²) in [5, 5.41) is 2.94. The predicted octanol–water partition coefficient (Wildman–Crippen LogP) is 3.38. The summed E-state index contributed by atoms with van der Waals surface area (Å²) in [7, 11) is 3.24. The number of nitrogen functional groups attached to an aromatic ring is 1. The molecule has 0 unspecified atom stereocenters. The van der Waals surface area contributed by atoms with Gasteiger partial charge in [0.1, 0.15) is 0 Å². The summed E-state index contributed by atoms with van der Waals surface area (Å²) in [6.45, 7) is 2.50. The highest BCUT2D eigenvalue weighted by Gasteiger charge is 2.09. The fraction of sp³-hybridized carbons (Fsp3) is 0.316. The summed E-state index contributed by atoms with van der Waals surface area (Å²) in [5.41, 5.74) is 9.02. The molecule has 5 nitrogen and oxygen atoms in total. The molecule has 0 saturated carbocycles. The molecule has 0 heterocycles. The largest absolute Gasteiger partial charge is 0.493 e. The summed E-state index contributed by atoms with van der Waals surface area (Å²) in [6, 6.07) is 11.2. The number of carbonyl (C=O) groups excluding carboxylic acids is 1. The molecule has 0 atom stereocenters. The van der Waals surface area contributed by atoms with Crippen molar-refractivity contribution in [2.45, 2.75) is 19.8 Å². The monoisotopic (exact) mass is 364 g/mol. The molecule has 0 aliphatic rings. The maximum absolute atomic E-state index is 12.2. The smallest absolute Gasteiger partial charge is 0.251 e. The Labute approximate surface area is 154 Å². The van der Waals surface area contributed by atoms with Crippen LogP contribution in [0.1, 0.15) is 27.9 Å². The molecule has 2 rings (SSSR count). The van der Waals surface area contributed by atoms with Crippen molar-refractivity contribution in [2.75, 3.05) is 26.5 Å². The SMILES string of the molecule is COc1ccc(CCCNC(=O)c2cc(N)ccc2C)cc1OC.Cl. The van der Waals surface area contributed by atoms with Crippen LogP contribution in [0.3, 0.4) is 0 Å². The lowest BCUT2D eigenvalue weighted by molar-refractivity contribution is 0.0952. The molecule has 25 heavy (non-hydrogen) atoms. The molecule has 0 aromatic heterocycles. The Morgan fingerprint density at radius 3 is 2.48 bits per heavy atom. The minimum Gasteiger partial charge on any atom is -0.493 e. The quantitative estimate of drug-likeness (QED) is 0.583. The second kappa shape index (κ2) is 9.79. The van der Waals surface area contributed by atoms with Crippen LogP contribution in [0.25, 0.3) is 0 Å². The summed E-state index contributed by atoms with van der Waals surface area (Å²) < 4.78 is 10.5. The van der Waals surface area contributed by atoms with E-state index in [0.717, 1.165) is 29.7 Å². The van der Waals surface area contributed by atoms with E-state index in [9.17, 15) is 4.79 Å². The van der Waals surface area contributed by atoms with Gasteiger partial charge in [0.2, 0.25) is 0 Å². The van der Waals surface area contributed by atoms with Crippen molar-refractivity contribution in [3.05, 3.63) is 53.1 Å². The Kier molecular flexibility index (Phi) is 8.08. The van der Waals surface area contributed by atoms with Gasteiger partial charge in [-0.05, 0) is 55.2 Å². The van der Waals surface area contributed by atoms with E-state index in [-0.39, 0.29) is 18.3 Å². The number of carbonyl (C=O) groups is 1. The van der Waals surface area contributed by atoms with E-state index >= 15 is 0 Å². The predicted molar refractivity (Wildman–Crippen MR) is 103 cm³/mol. The number of amides is 1. The highest BCUT2D eigenvalue weighted by molar-refractivity contribution is 5.96. The third-order valence-corrected chi connectivity index (χ3v) is 3.88. The maximum Gasteiger partial charge on any atom is 0.251 e. The number of hydrogen-bond donors (Lipinski definition) is 2. The Bertz CT molecular complexity index is 720. The number of rotatable bonds is 7. The van der Waals surface area contributed by atoms with Crippen molar-refractivity contribution in [1.82, 2.24) is 5.32 Å². The lowest BCUT2D eigenvalue weighted by Gasteiger charge is -2.10. The van der Waals surface area contributed by atoms with Gasteiger partial charge in [0.15, 0.2) is 11.5 Å². The summed E-state index contributed by atoms with van der Waals surface area (Å²) in [6.07, 6.45) is 1.68. The molecule has 0 bridgehead atoms. The third-order valence-electron chi connectivity index (χ3n) is 3.88. The molecule has 0 spiro atoms. The number of ether oxygens (including phenoxy) is 2. The Morgan fingerprint density at radius 2 is 1.80 bits per heavy atom. The first-order valence-corrected chi connectivity index (χ1v) is 7.90. The molecule has 136 valence electrons. The summed E-state index contributed by atoms with van der Waals surface area (Å²) in [5.74, 6) is 1.34. The van der Waals surface area contributed by atoms with E-state index in [1.54, 1.807) is 26.4 Å². The molecule has 2 aromatic rings. The zero-order chi connectivity index (χ0) is 17.5. The van der Waals surface area contributed by atoms with E-state index in [2.05, 4.69) is 5.32 Å². The molecule has 1 amide bonds. The van der Waals surface area contributed by atoms with E-state index in [1.165, 1.54) is 0 Å². The van der Waals surface area contributed by atoms with Gasteiger partial charge in [-0.15, -0.1) is 12.4 Å². The van der Waals surface area contributed by atoms with Crippen molar-refractivity contribution in [2.24, 2.45) is 0 Å². The van der Waals surface area contributed by atoms with Crippen molar-refractivity contribution in [1.29, 1.82) is 0 Å². The van der Waals surface area contributed by atoms with Crippen molar-refractivity contribution in [3.8, 4) is 11.5 Å². The first kappa shape index (κ1) is 20.6. The zero-order valence-electron chi connectivity index (χ0n) is 14.8. The Balaban J connectivity index is 0.00000312. The van der Waals surface area contributed by atoms with Crippen LogP contribution in [0, 0.1) is 6.92 Å². The summed E-state index contributed by atoms with van der Waals surface area (Å²) in [4.78, 5) is 12.2. The molecular formula is C19H25ClN2O3. The second-order valence-electron chi connectivity index (χ2n) is 5.62. The number of hydrogen-bond acceptors (Lipinski definition) is 4. The average molecular weight is 365 g/mol. The molecule has 0 saturated heterocycles. The Hall–Kier alpha value is -2.40. The van der Waals surface area contributed by atoms with Crippen LogP contribution in [-0.4, -0.2) is 26.7 Å². The van der Waals surface area contributed by atoms with Gasteiger partial charge in [-0.3, -0.25) is 4.79 Å². The van der Waals surface area contributed by atoms with Gasteiger partial charge < -0.3 is 20.5 Å². The number of nitrogens with two attached hydrogens (primary N) is 1. The van der Waals surface area contributed by atoms with Crippen LogP contribution in [0.2, 0.25) is 0 Å². The van der Waals surface area contributed by atoms with Crippen LogP contribution in [-0.2, 0) is 6.42 Å². The number of aryl methyl sites for hydroxylation is 2. The van der Waals surface area contributed by atoms with Gasteiger partial charge in [0, 0.05) is 17.8 Å². The first-order valence-electron chi connectivity index (χ1n) is 7.90. The highest BCUT2D eigenvalue weighted by Crippen LogP contribution is 2.27. The lowest BCUT2D eigenvalue weighted by atomic mass is 10.1.